The second-order valence-electron chi connectivity index (χ2n) is 4.67. The van der Waals surface area contributed by atoms with Crippen LogP contribution in [0.4, 0.5) is 0 Å². The van der Waals surface area contributed by atoms with Gasteiger partial charge in [-0.1, -0.05) is 6.07 Å². The van der Waals surface area contributed by atoms with E-state index in [-0.39, 0.29) is 11.3 Å². The van der Waals surface area contributed by atoms with Gasteiger partial charge in [0.05, 0.1) is 25.5 Å². The van der Waals surface area contributed by atoms with E-state index >= 15 is 0 Å². The summed E-state index contributed by atoms with van der Waals surface area (Å²) >= 11 is 1.60. The standard InChI is InChI=1S/C15H21NO4S/c1-18-9-5-8-16-13(17)10-21-15(16)14-11(19-2)6-4-7-12(14)20-3/h4,6-7,15H,5,8-10H2,1-3H3. The molecule has 1 heterocycles. The molecular weight excluding hydrogens is 290 g/mol. The number of hydrogen-bond donors (Lipinski definition) is 0. The molecule has 1 aromatic carbocycles. The van der Waals surface area contributed by atoms with Crippen molar-refractivity contribution in [2.24, 2.45) is 0 Å². The van der Waals surface area contributed by atoms with Crippen molar-refractivity contribution in [2.75, 3.05) is 40.2 Å². The topological polar surface area (TPSA) is 48.0 Å². The molecule has 0 N–H and O–H groups in total. The third-order valence-corrected chi connectivity index (χ3v) is 4.65. The normalized spacial score (nSPS) is 18.1. The fourth-order valence-corrected chi connectivity index (χ4v) is 3.71. The van der Waals surface area contributed by atoms with Crippen LogP contribution < -0.4 is 9.47 Å². The number of rotatable bonds is 7. The monoisotopic (exact) mass is 311 g/mol. The van der Waals surface area contributed by atoms with Crippen molar-refractivity contribution in [1.29, 1.82) is 0 Å². The van der Waals surface area contributed by atoms with Crippen LogP contribution in [0.5, 0.6) is 11.5 Å². The number of hydrogen-bond acceptors (Lipinski definition) is 5. The van der Waals surface area contributed by atoms with E-state index in [0.717, 1.165) is 23.5 Å². The molecule has 0 saturated carbocycles. The second kappa shape index (κ2) is 7.56. The van der Waals surface area contributed by atoms with E-state index in [1.807, 2.05) is 23.1 Å². The first kappa shape index (κ1) is 16.0. The number of nitrogens with zero attached hydrogens (tertiary/aromatic N) is 1. The van der Waals surface area contributed by atoms with Gasteiger partial charge in [-0.3, -0.25) is 4.79 Å². The lowest BCUT2D eigenvalue weighted by Crippen LogP contribution is -2.30. The van der Waals surface area contributed by atoms with E-state index in [9.17, 15) is 4.79 Å². The molecule has 1 saturated heterocycles. The van der Waals surface area contributed by atoms with Gasteiger partial charge < -0.3 is 19.1 Å². The van der Waals surface area contributed by atoms with Crippen molar-refractivity contribution in [3.63, 3.8) is 0 Å². The first-order chi connectivity index (χ1) is 10.2. The summed E-state index contributed by atoms with van der Waals surface area (Å²) < 4.78 is 16.0. The highest BCUT2D eigenvalue weighted by Crippen LogP contribution is 2.46. The highest BCUT2D eigenvalue weighted by molar-refractivity contribution is 8.00. The Labute approximate surface area is 129 Å². The molecule has 6 heteroatoms. The summed E-state index contributed by atoms with van der Waals surface area (Å²) in [6.07, 6.45) is 0.816. The van der Waals surface area contributed by atoms with E-state index in [1.54, 1.807) is 33.1 Å². The van der Waals surface area contributed by atoms with E-state index in [4.69, 9.17) is 14.2 Å². The summed E-state index contributed by atoms with van der Waals surface area (Å²) in [4.78, 5) is 14.0. The Morgan fingerprint density at radius 1 is 1.24 bits per heavy atom. The predicted octanol–water partition coefficient (Wildman–Crippen LogP) is 2.31. The lowest BCUT2D eigenvalue weighted by atomic mass is 10.1. The Bertz CT molecular complexity index is 472. The van der Waals surface area contributed by atoms with Crippen LogP contribution in [0, 0.1) is 0 Å². The molecule has 116 valence electrons. The highest BCUT2D eigenvalue weighted by Gasteiger charge is 2.36. The van der Waals surface area contributed by atoms with Crippen LogP contribution in [-0.4, -0.2) is 51.0 Å². The molecule has 1 aliphatic heterocycles. The average molecular weight is 311 g/mol. The summed E-state index contributed by atoms with van der Waals surface area (Å²) in [5.74, 6) is 2.13. The molecule has 0 aliphatic carbocycles. The second-order valence-corrected chi connectivity index (χ2v) is 5.74. The Hall–Kier alpha value is -1.40. The number of carbonyl (C=O) groups is 1. The maximum atomic E-state index is 12.1. The molecule has 21 heavy (non-hydrogen) atoms. The predicted molar refractivity (Wildman–Crippen MR) is 83.0 cm³/mol. The smallest absolute Gasteiger partial charge is 0.233 e. The molecule has 1 unspecified atom stereocenters. The molecule has 0 bridgehead atoms. The van der Waals surface area contributed by atoms with Gasteiger partial charge in [-0.25, -0.2) is 0 Å². The molecule has 1 atom stereocenters. The van der Waals surface area contributed by atoms with Crippen LogP contribution >= 0.6 is 11.8 Å². The van der Waals surface area contributed by atoms with Crippen LogP contribution in [0.2, 0.25) is 0 Å². The molecule has 1 aliphatic rings. The molecule has 1 fully saturated rings. The van der Waals surface area contributed by atoms with Gasteiger partial charge in [0.25, 0.3) is 0 Å². The van der Waals surface area contributed by atoms with Crippen molar-refractivity contribution in [3.05, 3.63) is 23.8 Å². The Kier molecular flexibility index (Phi) is 5.76. The lowest BCUT2D eigenvalue weighted by molar-refractivity contribution is -0.128. The quantitative estimate of drug-likeness (QED) is 0.723. The van der Waals surface area contributed by atoms with Gasteiger partial charge >= 0.3 is 0 Å². The molecule has 1 amide bonds. The van der Waals surface area contributed by atoms with Gasteiger partial charge in [-0.2, -0.15) is 0 Å². The zero-order valence-corrected chi connectivity index (χ0v) is 13.4. The largest absolute Gasteiger partial charge is 0.496 e. The summed E-state index contributed by atoms with van der Waals surface area (Å²) in [7, 11) is 4.94. The van der Waals surface area contributed by atoms with Crippen molar-refractivity contribution >= 4 is 17.7 Å². The Morgan fingerprint density at radius 2 is 1.90 bits per heavy atom. The number of thioether (sulfide) groups is 1. The van der Waals surface area contributed by atoms with E-state index in [1.165, 1.54) is 0 Å². The van der Waals surface area contributed by atoms with Gasteiger partial charge in [-0.15, -0.1) is 11.8 Å². The minimum absolute atomic E-state index is 0.0690. The molecule has 0 radical (unpaired) electrons. The zero-order chi connectivity index (χ0) is 15.2. The summed E-state index contributed by atoms with van der Waals surface area (Å²) in [5.41, 5.74) is 0.927. The van der Waals surface area contributed by atoms with Gasteiger partial charge in [0.1, 0.15) is 16.9 Å². The molecule has 0 aromatic heterocycles. The summed E-state index contributed by atoms with van der Waals surface area (Å²) in [5, 5.41) is -0.0690. The third kappa shape index (κ3) is 3.44. The van der Waals surface area contributed by atoms with Crippen LogP contribution in [0.1, 0.15) is 17.4 Å². The molecule has 5 nitrogen and oxygen atoms in total. The molecule has 1 aromatic rings. The Balaban J connectivity index is 2.28. The Morgan fingerprint density at radius 3 is 2.48 bits per heavy atom. The molecule has 2 rings (SSSR count). The fraction of sp³-hybridized carbons (Fsp3) is 0.533. The summed E-state index contributed by atoms with van der Waals surface area (Å²) in [6, 6.07) is 5.68. The van der Waals surface area contributed by atoms with Crippen molar-refractivity contribution in [3.8, 4) is 11.5 Å². The first-order valence-electron chi connectivity index (χ1n) is 6.83. The maximum absolute atomic E-state index is 12.1. The van der Waals surface area contributed by atoms with Crippen LogP contribution in [0.25, 0.3) is 0 Å². The van der Waals surface area contributed by atoms with E-state index in [2.05, 4.69) is 0 Å². The van der Waals surface area contributed by atoms with Crippen molar-refractivity contribution in [2.45, 2.75) is 11.8 Å². The SMILES string of the molecule is COCCCN1C(=O)CSC1c1c(OC)cccc1OC. The van der Waals surface area contributed by atoms with Gasteiger partial charge in [-0.05, 0) is 18.6 Å². The number of amides is 1. The van der Waals surface area contributed by atoms with Crippen LogP contribution in [0.3, 0.4) is 0 Å². The van der Waals surface area contributed by atoms with E-state index < -0.39 is 0 Å². The third-order valence-electron chi connectivity index (χ3n) is 3.43. The molecular formula is C15H21NO4S. The van der Waals surface area contributed by atoms with Crippen LogP contribution in [-0.2, 0) is 9.53 Å². The highest BCUT2D eigenvalue weighted by atomic mass is 32.2. The lowest BCUT2D eigenvalue weighted by Gasteiger charge is -2.26. The summed E-state index contributed by atoms with van der Waals surface area (Å²) in [6.45, 7) is 1.32. The van der Waals surface area contributed by atoms with Crippen molar-refractivity contribution in [1.82, 2.24) is 4.90 Å². The minimum atomic E-state index is -0.0690. The fourth-order valence-electron chi connectivity index (χ4n) is 2.44. The van der Waals surface area contributed by atoms with Crippen molar-refractivity contribution < 1.29 is 19.0 Å². The number of benzene rings is 1. The number of carbonyl (C=O) groups excluding carboxylic acids is 1. The van der Waals surface area contributed by atoms with Gasteiger partial charge in [0.15, 0.2) is 0 Å². The van der Waals surface area contributed by atoms with E-state index in [0.29, 0.717) is 18.9 Å². The average Bonchev–Trinajstić information content (AvgIpc) is 2.87. The zero-order valence-electron chi connectivity index (χ0n) is 12.6. The number of methoxy groups -OCH3 is 3. The number of ether oxygens (including phenoxy) is 3. The molecule has 0 spiro atoms. The first-order valence-corrected chi connectivity index (χ1v) is 7.88. The minimum Gasteiger partial charge on any atom is -0.496 e. The van der Waals surface area contributed by atoms with Crippen LogP contribution in [0.15, 0.2) is 18.2 Å². The maximum Gasteiger partial charge on any atom is 0.233 e. The van der Waals surface area contributed by atoms with Gasteiger partial charge in [0.2, 0.25) is 5.91 Å². The van der Waals surface area contributed by atoms with Gasteiger partial charge in [0, 0.05) is 20.3 Å².